The molecule has 1 heterocycles. The first-order valence-electron chi connectivity index (χ1n) is 9.85. The van der Waals surface area contributed by atoms with E-state index in [0.717, 1.165) is 51.0 Å². The van der Waals surface area contributed by atoms with Gasteiger partial charge in [-0.05, 0) is 25.2 Å². The Hall–Kier alpha value is -0.570. The number of piperazine rings is 1. The van der Waals surface area contributed by atoms with Gasteiger partial charge in [-0.25, -0.2) is 0 Å². The van der Waals surface area contributed by atoms with E-state index in [1.807, 2.05) is 0 Å². The quantitative estimate of drug-likeness (QED) is 0.788. The van der Waals surface area contributed by atoms with Gasteiger partial charge in [0.2, 0.25) is 5.91 Å². The molecule has 0 aromatic carbocycles. The zero-order valence-electron chi connectivity index (χ0n) is 14.3. The number of carbonyl (C=O) groups is 1. The van der Waals surface area contributed by atoms with Crippen LogP contribution in [0.5, 0.6) is 0 Å². The number of hydrogen-bond donors (Lipinski definition) is 0. The third-order valence-electron chi connectivity index (χ3n) is 6.25. The molecule has 22 heavy (non-hydrogen) atoms. The Labute approximate surface area is 136 Å². The fourth-order valence-corrected chi connectivity index (χ4v) is 4.74. The highest BCUT2D eigenvalue weighted by Gasteiger charge is 2.27. The van der Waals surface area contributed by atoms with Gasteiger partial charge in [0, 0.05) is 38.6 Å². The van der Waals surface area contributed by atoms with Crippen LogP contribution in [-0.2, 0) is 4.79 Å². The molecule has 3 nitrogen and oxygen atoms in total. The summed E-state index contributed by atoms with van der Waals surface area (Å²) in [4.78, 5) is 17.2. The van der Waals surface area contributed by atoms with Crippen LogP contribution >= 0.6 is 0 Å². The largest absolute Gasteiger partial charge is 0.340 e. The lowest BCUT2D eigenvalue weighted by atomic mass is 9.86. The van der Waals surface area contributed by atoms with Gasteiger partial charge >= 0.3 is 0 Å². The van der Waals surface area contributed by atoms with Crippen LogP contribution in [0.1, 0.15) is 77.0 Å². The van der Waals surface area contributed by atoms with Crippen molar-refractivity contribution in [3.05, 3.63) is 0 Å². The van der Waals surface area contributed by atoms with Crippen molar-refractivity contribution in [2.45, 2.75) is 83.1 Å². The lowest BCUT2D eigenvalue weighted by Crippen LogP contribution is -2.52. The smallest absolute Gasteiger partial charge is 0.222 e. The van der Waals surface area contributed by atoms with E-state index in [0.29, 0.717) is 5.91 Å². The van der Waals surface area contributed by atoms with Crippen molar-refractivity contribution >= 4 is 5.91 Å². The lowest BCUT2D eigenvalue weighted by molar-refractivity contribution is -0.133. The maximum Gasteiger partial charge on any atom is 0.222 e. The van der Waals surface area contributed by atoms with Gasteiger partial charge in [0.05, 0.1) is 0 Å². The summed E-state index contributed by atoms with van der Waals surface area (Å²) in [5.41, 5.74) is 0. The van der Waals surface area contributed by atoms with Crippen LogP contribution in [0.3, 0.4) is 0 Å². The predicted molar refractivity (Wildman–Crippen MR) is 90.8 cm³/mol. The maximum atomic E-state index is 12.4. The van der Waals surface area contributed by atoms with Crippen LogP contribution in [-0.4, -0.2) is 47.9 Å². The fourth-order valence-electron chi connectivity index (χ4n) is 4.74. The first kappa shape index (κ1) is 16.3. The molecule has 0 atom stereocenters. The van der Waals surface area contributed by atoms with E-state index < -0.39 is 0 Å². The van der Waals surface area contributed by atoms with Crippen LogP contribution in [0.2, 0.25) is 0 Å². The van der Waals surface area contributed by atoms with Gasteiger partial charge in [-0.2, -0.15) is 0 Å². The third kappa shape index (κ3) is 4.47. The van der Waals surface area contributed by atoms with Crippen molar-refractivity contribution in [1.29, 1.82) is 0 Å². The minimum absolute atomic E-state index is 0.425. The summed E-state index contributed by atoms with van der Waals surface area (Å²) in [7, 11) is 0. The van der Waals surface area contributed by atoms with E-state index in [-0.39, 0.29) is 0 Å². The number of nitrogens with zero attached hydrogens (tertiary/aromatic N) is 2. The zero-order chi connectivity index (χ0) is 15.2. The molecule has 0 aromatic heterocycles. The standard InChI is InChI=1S/C19H34N2O/c22-19(12-11-17-7-3-1-4-8-17)21-15-13-20(14-16-21)18-9-5-2-6-10-18/h17-18H,1-16H2. The second-order valence-corrected chi connectivity index (χ2v) is 7.75. The molecule has 1 amide bonds. The molecule has 3 heteroatoms. The highest BCUT2D eigenvalue weighted by atomic mass is 16.2. The Kier molecular flexibility index (Phi) is 6.17. The average molecular weight is 306 g/mol. The fraction of sp³-hybridized carbons (Fsp3) is 0.947. The second kappa shape index (κ2) is 8.33. The summed E-state index contributed by atoms with van der Waals surface area (Å²) >= 11 is 0. The molecule has 126 valence electrons. The van der Waals surface area contributed by atoms with Gasteiger partial charge < -0.3 is 4.90 Å². The highest BCUT2D eigenvalue weighted by Crippen LogP contribution is 2.28. The summed E-state index contributed by atoms with van der Waals surface area (Å²) in [6.07, 6.45) is 15.9. The predicted octanol–water partition coefficient (Wildman–Crippen LogP) is 3.82. The Morgan fingerprint density at radius 3 is 2.00 bits per heavy atom. The Balaban J connectivity index is 1.36. The van der Waals surface area contributed by atoms with Gasteiger partial charge in [-0.3, -0.25) is 9.69 Å². The molecule has 0 unspecified atom stereocenters. The average Bonchev–Trinajstić information content (AvgIpc) is 2.61. The van der Waals surface area contributed by atoms with Crippen LogP contribution in [0.15, 0.2) is 0 Å². The van der Waals surface area contributed by atoms with Gasteiger partial charge in [0.15, 0.2) is 0 Å². The minimum atomic E-state index is 0.425. The molecular weight excluding hydrogens is 272 g/mol. The Bertz CT molecular complexity index is 337. The summed E-state index contributed by atoms with van der Waals surface area (Å²) in [6.45, 7) is 4.17. The van der Waals surface area contributed by atoms with E-state index in [4.69, 9.17) is 0 Å². The van der Waals surface area contributed by atoms with Crippen molar-refractivity contribution in [3.8, 4) is 0 Å². The lowest BCUT2D eigenvalue weighted by Gasteiger charge is -2.41. The number of carbonyl (C=O) groups excluding carboxylic acids is 1. The molecule has 0 N–H and O–H groups in total. The molecule has 1 aliphatic heterocycles. The molecule has 3 rings (SSSR count). The summed E-state index contributed by atoms with van der Waals surface area (Å²) in [5.74, 6) is 1.26. The van der Waals surface area contributed by atoms with E-state index >= 15 is 0 Å². The molecule has 3 aliphatic rings. The van der Waals surface area contributed by atoms with Gasteiger partial charge in [0.25, 0.3) is 0 Å². The summed E-state index contributed by atoms with van der Waals surface area (Å²) in [5, 5.41) is 0. The molecule has 1 saturated heterocycles. The molecule has 0 bridgehead atoms. The Morgan fingerprint density at radius 2 is 1.36 bits per heavy atom. The van der Waals surface area contributed by atoms with E-state index in [1.165, 1.54) is 64.2 Å². The van der Waals surface area contributed by atoms with Crippen LogP contribution in [0.25, 0.3) is 0 Å². The van der Waals surface area contributed by atoms with E-state index in [9.17, 15) is 4.79 Å². The van der Waals surface area contributed by atoms with Crippen molar-refractivity contribution in [2.24, 2.45) is 5.92 Å². The van der Waals surface area contributed by atoms with Gasteiger partial charge in [-0.15, -0.1) is 0 Å². The first-order valence-corrected chi connectivity index (χ1v) is 9.85. The second-order valence-electron chi connectivity index (χ2n) is 7.75. The summed E-state index contributed by atoms with van der Waals surface area (Å²) < 4.78 is 0. The van der Waals surface area contributed by atoms with Crippen LogP contribution in [0.4, 0.5) is 0 Å². The molecule has 3 fully saturated rings. The molecule has 0 spiro atoms. The topological polar surface area (TPSA) is 23.6 Å². The molecule has 0 radical (unpaired) electrons. The van der Waals surface area contributed by atoms with E-state index in [1.54, 1.807) is 0 Å². The number of amides is 1. The minimum Gasteiger partial charge on any atom is -0.340 e. The highest BCUT2D eigenvalue weighted by molar-refractivity contribution is 5.76. The van der Waals surface area contributed by atoms with Crippen molar-refractivity contribution in [3.63, 3.8) is 0 Å². The van der Waals surface area contributed by atoms with Crippen LogP contribution in [0, 0.1) is 5.92 Å². The van der Waals surface area contributed by atoms with E-state index in [2.05, 4.69) is 9.80 Å². The molecule has 0 aromatic rings. The monoisotopic (exact) mass is 306 g/mol. The number of rotatable bonds is 4. The van der Waals surface area contributed by atoms with Crippen molar-refractivity contribution < 1.29 is 4.79 Å². The molecule has 2 aliphatic carbocycles. The van der Waals surface area contributed by atoms with Gasteiger partial charge in [0.1, 0.15) is 0 Å². The van der Waals surface area contributed by atoms with Gasteiger partial charge in [-0.1, -0.05) is 51.4 Å². The third-order valence-corrected chi connectivity index (χ3v) is 6.25. The molecule has 2 saturated carbocycles. The maximum absolute atomic E-state index is 12.4. The SMILES string of the molecule is O=C(CCC1CCCCC1)N1CCN(C2CCCCC2)CC1. The molecular formula is C19H34N2O. The van der Waals surface area contributed by atoms with Crippen molar-refractivity contribution in [1.82, 2.24) is 9.80 Å². The zero-order valence-corrected chi connectivity index (χ0v) is 14.3. The normalized spacial score (nSPS) is 26.3. The Morgan fingerprint density at radius 1 is 0.773 bits per heavy atom. The van der Waals surface area contributed by atoms with Crippen LogP contribution < -0.4 is 0 Å². The number of hydrogen-bond acceptors (Lipinski definition) is 2. The van der Waals surface area contributed by atoms with Crippen molar-refractivity contribution in [2.75, 3.05) is 26.2 Å². The summed E-state index contributed by atoms with van der Waals surface area (Å²) in [6, 6.07) is 0.813. The first-order chi connectivity index (χ1) is 10.8.